The van der Waals surface area contributed by atoms with E-state index in [1.54, 1.807) is 6.92 Å². The molecule has 2 aromatic carbocycles. The number of halogens is 5. The number of nitrogens with zero attached hydrogens (tertiary/aromatic N) is 1. The Bertz CT molecular complexity index is 1350. The molecular formula is C30H32F5NO4. The number of hydrogen-bond acceptors (Lipinski definition) is 5. The molecule has 0 bridgehead atoms. The minimum Gasteiger partial charge on any atom is -0.493 e. The highest BCUT2D eigenvalue weighted by molar-refractivity contribution is 5.47. The number of hydrogen-bond donors (Lipinski definition) is 0. The molecule has 0 unspecified atom stereocenters. The molecule has 1 saturated heterocycles. The molecule has 2 heterocycles. The van der Waals surface area contributed by atoms with Crippen LogP contribution in [0.4, 0.5) is 22.0 Å². The van der Waals surface area contributed by atoms with Crippen LogP contribution in [0.5, 0.6) is 17.2 Å². The summed E-state index contributed by atoms with van der Waals surface area (Å²) in [6.07, 6.45) is -6.31. The van der Waals surface area contributed by atoms with Crippen LogP contribution in [0.3, 0.4) is 0 Å². The summed E-state index contributed by atoms with van der Waals surface area (Å²) in [5.41, 5.74) is -1.20. The third-order valence-electron chi connectivity index (χ3n) is 7.32. The van der Waals surface area contributed by atoms with Crippen molar-refractivity contribution in [3.8, 4) is 17.2 Å². The van der Waals surface area contributed by atoms with Crippen molar-refractivity contribution >= 4 is 0 Å². The lowest BCUT2D eigenvalue weighted by atomic mass is 9.76. The molecule has 5 nitrogen and oxygen atoms in total. The van der Waals surface area contributed by atoms with E-state index in [0.29, 0.717) is 11.4 Å². The number of aromatic nitrogens is 1. The van der Waals surface area contributed by atoms with Crippen molar-refractivity contribution < 1.29 is 40.9 Å². The average Bonchev–Trinajstić information content (AvgIpc) is 3.17. The van der Waals surface area contributed by atoms with Crippen molar-refractivity contribution in [2.45, 2.75) is 71.1 Å². The highest BCUT2D eigenvalue weighted by Gasteiger charge is 2.65. The minimum absolute atomic E-state index is 0.0422. The molecule has 4 atom stereocenters. The van der Waals surface area contributed by atoms with Gasteiger partial charge < -0.3 is 18.9 Å². The number of methoxy groups -OCH3 is 1. The zero-order valence-corrected chi connectivity index (χ0v) is 23.1. The smallest absolute Gasteiger partial charge is 0.417 e. The van der Waals surface area contributed by atoms with Gasteiger partial charge in [0.2, 0.25) is 5.82 Å². The Balaban J connectivity index is 1.87. The van der Waals surface area contributed by atoms with Crippen LogP contribution in [-0.2, 0) is 11.3 Å². The molecule has 1 fully saturated rings. The molecular weight excluding hydrogens is 533 g/mol. The second-order valence-electron chi connectivity index (χ2n) is 10.3. The van der Waals surface area contributed by atoms with Gasteiger partial charge in [-0.25, -0.2) is 4.39 Å². The molecule has 0 radical (unpaired) electrons. The van der Waals surface area contributed by atoms with Gasteiger partial charge in [-0.3, -0.25) is 4.98 Å². The second kappa shape index (κ2) is 11.2. The van der Waals surface area contributed by atoms with E-state index >= 15 is 0 Å². The summed E-state index contributed by atoms with van der Waals surface area (Å²) < 4.78 is 95.0. The maximum atomic E-state index is 14.7. The van der Waals surface area contributed by atoms with Crippen LogP contribution in [0.2, 0.25) is 0 Å². The molecule has 1 aliphatic heterocycles. The largest absolute Gasteiger partial charge is 0.493 e. The molecule has 4 rings (SSSR count). The molecule has 1 aliphatic rings. The van der Waals surface area contributed by atoms with Gasteiger partial charge in [0.25, 0.3) is 0 Å². The molecule has 0 saturated carbocycles. The Morgan fingerprint density at radius 3 is 2.33 bits per heavy atom. The standard InChI is InChI=1S/C30H32F5NO4/c1-16(2)39-26-18(4)36-22(14-23(26)38-15-19-10-8-7-9-11-19)28-24(17(3)29(5,40-28)30(33,34)35)20-12-13-21(31)25(32)27(20)37-6/h7-14,16-17,24,28H,15H2,1-6H3/t17-,24-,28-,29+/m0/s1. The van der Waals surface area contributed by atoms with Crippen molar-refractivity contribution in [2.75, 3.05) is 7.11 Å². The van der Waals surface area contributed by atoms with Crippen molar-refractivity contribution in [3.05, 3.63) is 82.7 Å². The number of pyridine rings is 1. The van der Waals surface area contributed by atoms with Crippen molar-refractivity contribution in [3.63, 3.8) is 0 Å². The van der Waals surface area contributed by atoms with Crippen LogP contribution in [0.15, 0.2) is 48.5 Å². The van der Waals surface area contributed by atoms with E-state index in [0.717, 1.165) is 25.7 Å². The van der Waals surface area contributed by atoms with Gasteiger partial charge in [0.05, 0.1) is 24.6 Å². The monoisotopic (exact) mass is 565 g/mol. The Labute approximate surface area is 230 Å². The van der Waals surface area contributed by atoms with E-state index in [4.69, 9.17) is 18.9 Å². The molecule has 0 aliphatic carbocycles. The molecule has 40 heavy (non-hydrogen) atoms. The summed E-state index contributed by atoms with van der Waals surface area (Å²) in [5, 5.41) is 0. The molecule has 1 aromatic heterocycles. The number of rotatable bonds is 8. The number of benzene rings is 2. The zero-order valence-electron chi connectivity index (χ0n) is 23.1. The quantitative estimate of drug-likeness (QED) is 0.260. The summed E-state index contributed by atoms with van der Waals surface area (Å²) in [6.45, 7) is 7.81. The first-order chi connectivity index (χ1) is 18.8. The maximum absolute atomic E-state index is 14.7. The molecule has 216 valence electrons. The molecule has 0 N–H and O–H groups in total. The van der Waals surface area contributed by atoms with Gasteiger partial charge in [-0.15, -0.1) is 0 Å². The van der Waals surface area contributed by atoms with Gasteiger partial charge in [0.15, 0.2) is 28.7 Å². The summed E-state index contributed by atoms with van der Waals surface area (Å²) in [4.78, 5) is 4.57. The Hall–Kier alpha value is -3.40. The van der Waals surface area contributed by atoms with Crippen molar-refractivity contribution in [1.82, 2.24) is 4.98 Å². The molecule has 0 spiro atoms. The summed E-state index contributed by atoms with van der Waals surface area (Å²) in [6, 6.07) is 12.9. The van der Waals surface area contributed by atoms with E-state index in [1.165, 1.54) is 19.1 Å². The predicted octanol–water partition coefficient (Wildman–Crippen LogP) is 7.86. The number of alkyl halides is 3. The summed E-state index contributed by atoms with van der Waals surface area (Å²) >= 11 is 0. The van der Waals surface area contributed by atoms with E-state index in [2.05, 4.69) is 4.98 Å². The first-order valence-electron chi connectivity index (χ1n) is 12.9. The van der Waals surface area contributed by atoms with Gasteiger partial charge in [-0.1, -0.05) is 43.3 Å². The SMILES string of the molecule is COc1c([C@H]2[C@H](c3cc(OCc4ccccc4)c(OC(C)C)c(C)n3)O[C@@](C)(C(F)(F)F)[C@H]2C)ccc(F)c1F. The van der Waals surface area contributed by atoms with Gasteiger partial charge in [-0.2, -0.15) is 17.6 Å². The first kappa shape index (κ1) is 29.6. The van der Waals surface area contributed by atoms with Crippen LogP contribution in [0.1, 0.15) is 62.2 Å². The van der Waals surface area contributed by atoms with Crippen LogP contribution in [-0.4, -0.2) is 30.0 Å². The zero-order chi connectivity index (χ0) is 29.4. The lowest BCUT2D eigenvalue weighted by molar-refractivity contribution is -0.275. The Morgan fingerprint density at radius 1 is 1.05 bits per heavy atom. The van der Waals surface area contributed by atoms with Crippen molar-refractivity contribution in [1.29, 1.82) is 0 Å². The third-order valence-corrected chi connectivity index (χ3v) is 7.32. The highest BCUT2D eigenvalue weighted by atomic mass is 19.4. The topological polar surface area (TPSA) is 49.8 Å². The normalized spacial score (nSPS) is 22.9. The minimum atomic E-state index is -4.77. The van der Waals surface area contributed by atoms with E-state index in [9.17, 15) is 22.0 Å². The Kier molecular flexibility index (Phi) is 8.31. The van der Waals surface area contributed by atoms with Gasteiger partial charge >= 0.3 is 6.18 Å². The fraction of sp³-hybridized carbons (Fsp3) is 0.433. The maximum Gasteiger partial charge on any atom is 0.417 e. The predicted molar refractivity (Wildman–Crippen MR) is 139 cm³/mol. The summed E-state index contributed by atoms with van der Waals surface area (Å²) in [5.74, 6) is -4.64. The number of ether oxygens (including phenoxy) is 4. The van der Waals surface area contributed by atoms with Crippen LogP contribution in [0, 0.1) is 24.5 Å². The molecule has 10 heteroatoms. The fourth-order valence-electron chi connectivity index (χ4n) is 5.09. The lowest BCUT2D eigenvalue weighted by Crippen LogP contribution is -2.46. The lowest BCUT2D eigenvalue weighted by Gasteiger charge is -2.32. The number of aryl methyl sites for hydroxylation is 1. The highest BCUT2D eigenvalue weighted by Crippen LogP contribution is 2.59. The average molecular weight is 566 g/mol. The van der Waals surface area contributed by atoms with Crippen LogP contribution in [0.25, 0.3) is 0 Å². The van der Waals surface area contributed by atoms with E-state index in [1.807, 2.05) is 44.2 Å². The van der Waals surface area contributed by atoms with Crippen molar-refractivity contribution in [2.24, 2.45) is 5.92 Å². The van der Waals surface area contributed by atoms with Gasteiger partial charge in [-0.05, 0) is 39.3 Å². The molecule has 0 amide bonds. The van der Waals surface area contributed by atoms with Gasteiger partial charge in [0.1, 0.15) is 12.7 Å². The van der Waals surface area contributed by atoms with E-state index < -0.39 is 47.1 Å². The van der Waals surface area contributed by atoms with Gasteiger partial charge in [0, 0.05) is 23.5 Å². The summed E-state index contributed by atoms with van der Waals surface area (Å²) in [7, 11) is 1.13. The third kappa shape index (κ3) is 5.46. The second-order valence-corrected chi connectivity index (χ2v) is 10.3. The fourth-order valence-corrected chi connectivity index (χ4v) is 5.09. The van der Waals surface area contributed by atoms with E-state index in [-0.39, 0.29) is 29.7 Å². The molecule has 3 aromatic rings. The first-order valence-corrected chi connectivity index (χ1v) is 12.9. The van der Waals surface area contributed by atoms with Crippen LogP contribution < -0.4 is 14.2 Å². The Morgan fingerprint density at radius 2 is 1.73 bits per heavy atom. The van der Waals surface area contributed by atoms with Crippen LogP contribution >= 0.6 is 0 Å².